The van der Waals surface area contributed by atoms with Gasteiger partial charge in [-0.3, -0.25) is 0 Å². The fourth-order valence-electron chi connectivity index (χ4n) is 0.284. The fourth-order valence-corrected chi connectivity index (χ4v) is 0.284. The Hall–Kier alpha value is -0.360. The molecule has 0 aromatic carbocycles. The van der Waals surface area contributed by atoms with E-state index in [2.05, 4.69) is 5.73 Å². The first kappa shape index (κ1) is 9.64. The van der Waals surface area contributed by atoms with Gasteiger partial charge in [-0.25, -0.2) is 8.78 Å². The predicted molar refractivity (Wildman–Crippen MR) is 26.0 cm³/mol. The molecule has 1 atom stereocenters. The first-order chi connectivity index (χ1) is 4.42. The van der Waals surface area contributed by atoms with Gasteiger partial charge in [0, 0.05) is 0 Å². The van der Waals surface area contributed by atoms with Gasteiger partial charge < -0.3 is 10.8 Å². The number of halogens is 4. The van der Waals surface area contributed by atoms with Crippen LogP contribution in [0, 0.1) is 0 Å². The Morgan fingerprint density at radius 2 is 1.80 bits per heavy atom. The van der Waals surface area contributed by atoms with Crippen LogP contribution in [0.15, 0.2) is 0 Å². The van der Waals surface area contributed by atoms with Crippen molar-refractivity contribution >= 4 is 0 Å². The Bertz CT molecular complexity index is 107. The summed E-state index contributed by atoms with van der Waals surface area (Å²) in [6, 6.07) is -2.19. The van der Waals surface area contributed by atoms with E-state index in [0.717, 1.165) is 0 Å². The number of aliphatic hydroxyl groups excluding tert-OH is 1. The summed E-state index contributed by atoms with van der Waals surface area (Å²) in [4.78, 5) is 0. The Morgan fingerprint density at radius 3 is 1.90 bits per heavy atom. The standard InChI is InChI=1S/C4H7F4NO/c5-3(6)4(7,8)2(9)1-10/h2-3,10H,1,9H2. The summed E-state index contributed by atoms with van der Waals surface area (Å²) in [6.45, 7) is -1.16. The van der Waals surface area contributed by atoms with E-state index in [1.165, 1.54) is 0 Å². The van der Waals surface area contributed by atoms with Crippen molar-refractivity contribution in [2.24, 2.45) is 5.73 Å². The average Bonchev–Trinajstić information content (AvgIpc) is 1.86. The van der Waals surface area contributed by atoms with Gasteiger partial charge in [0.25, 0.3) is 0 Å². The molecule has 0 aliphatic rings. The van der Waals surface area contributed by atoms with Crippen molar-refractivity contribution in [3.05, 3.63) is 0 Å². The van der Waals surface area contributed by atoms with Gasteiger partial charge in [-0.1, -0.05) is 0 Å². The summed E-state index contributed by atoms with van der Waals surface area (Å²) in [5.41, 5.74) is 4.47. The minimum absolute atomic E-state index is 1.16. The normalized spacial score (nSPS) is 15.9. The molecule has 6 heteroatoms. The van der Waals surface area contributed by atoms with Gasteiger partial charge in [-0.05, 0) is 0 Å². The van der Waals surface area contributed by atoms with Gasteiger partial charge in [-0.2, -0.15) is 8.78 Å². The Kier molecular flexibility index (Phi) is 3.04. The highest BCUT2D eigenvalue weighted by Gasteiger charge is 2.46. The lowest BCUT2D eigenvalue weighted by molar-refractivity contribution is -0.149. The molecular weight excluding hydrogens is 154 g/mol. The molecular formula is C4H7F4NO. The molecule has 0 amide bonds. The van der Waals surface area contributed by atoms with Crippen LogP contribution in [0.2, 0.25) is 0 Å². The van der Waals surface area contributed by atoms with Crippen LogP contribution < -0.4 is 5.73 Å². The lowest BCUT2D eigenvalue weighted by atomic mass is 10.2. The van der Waals surface area contributed by atoms with Crippen LogP contribution in [0.3, 0.4) is 0 Å². The van der Waals surface area contributed by atoms with Gasteiger partial charge in [0.1, 0.15) is 0 Å². The second-order valence-electron chi connectivity index (χ2n) is 1.76. The summed E-state index contributed by atoms with van der Waals surface area (Å²) in [5.74, 6) is -4.30. The zero-order valence-electron chi connectivity index (χ0n) is 4.90. The summed E-state index contributed by atoms with van der Waals surface area (Å²) in [5, 5.41) is 7.98. The molecule has 0 radical (unpaired) electrons. The van der Waals surface area contributed by atoms with Crippen LogP contribution in [0.5, 0.6) is 0 Å². The molecule has 10 heavy (non-hydrogen) atoms. The van der Waals surface area contributed by atoms with E-state index in [-0.39, 0.29) is 0 Å². The number of hydrogen-bond donors (Lipinski definition) is 2. The fraction of sp³-hybridized carbons (Fsp3) is 1.00. The predicted octanol–water partition coefficient (Wildman–Crippen LogP) is 0.206. The van der Waals surface area contributed by atoms with Crippen molar-refractivity contribution in [1.29, 1.82) is 0 Å². The monoisotopic (exact) mass is 161 g/mol. The van der Waals surface area contributed by atoms with Crippen LogP contribution in [0.4, 0.5) is 17.6 Å². The second-order valence-corrected chi connectivity index (χ2v) is 1.76. The molecule has 0 aromatic rings. The molecule has 0 aromatic heterocycles. The molecule has 0 fully saturated rings. The molecule has 0 aliphatic heterocycles. The van der Waals surface area contributed by atoms with E-state index in [4.69, 9.17) is 5.11 Å². The molecule has 2 nitrogen and oxygen atoms in total. The van der Waals surface area contributed by atoms with Crippen LogP contribution in [0.25, 0.3) is 0 Å². The molecule has 0 spiro atoms. The van der Waals surface area contributed by atoms with Crippen molar-refractivity contribution in [1.82, 2.24) is 0 Å². The lowest BCUT2D eigenvalue weighted by Crippen LogP contribution is -2.48. The van der Waals surface area contributed by atoms with Crippen molar-refractivity contribution < 1.29 is 22.7 Å². The molecule has 0 aliphatic carbocycles. The topological polar surface area (TPSA) is 46.2 Å². The number of alkyl halides is 4. The van der Waals surface area contributed by atoms with Crippen LogP contribution in [-0.4, -0.2) is 30.1 Å². The average molecular weight is 161 g/mol. The van der Waals surface area contributed by atoms with Crippen molar-refractivity contribution in [3.8, 4) is 0 Å². The number of aliphatic hydroxyl groups is 1. The number of nitrogens with two attached hydrogens (primary N) is 1. The molecule has 1 unspecified atom stereocenters. The maximum atomic E-state index is 11.9. The first-order valence-electron chi connectivity index (χ1n) is 2.45. The maximum Gasteiger partial charge on any atom is 0.324 e. The molecule has 0 saturated carbocycles. The smallest absolute Gasteiger partial charge is 0.324 e. The Balaban J connectivity index is 4.09. The highest BCUT2D eigenvalue weighted by Crippen LogP contribution is 2.25. The third-order valence-electron chi connectivity index (χ3n) is 0.982. The summed E-state index contributed by atoms with van der Waals surface area (Å²) in [6.07, 6.45) is -3.82. The minimum atomic E-state index is -4.30. The molecule has 0 bridgehead atoms. The quantitative estimate of drug-likeness (QED) is 0.581. The van der Waals surface area contributed by atoms with E-state index in [1.807, 2.05) is 0 Å². The van der Waals surface area contributed by atoms with Crippen LogP contribution in [-0.2, 0) is 0 Å². The number of rotatable bonds is 3. The SMILES string of the molecule is NC(CO)C(F)(F)C(F)F. The van der Waals surface area contributed by atoms with E-state index >= 15 is 0 Å². The van der Waals surface area contributed by atoms with Gasteiger partial charge in [0.05, 0.1) is 12.6 Å². The van der Waals surface area contributed by atoms with Gasteiger partial charge in [0.15, 0.2) is 0 Å². The highest BCUT2D eigenvalue weighted by atomic mass is 19.3. The lowest BCUT2D eigenvalue weighted by Gasteiger charge is -2.20. The minimum Gasteiger partial charge on any atom is -0.395 e. The second kappa shape index (κ2) is 3.16. The van der Waals surface area contributed by atoms with Crippen molar-refractivity contribution in [3.63, 3.8) is 0 Å². The Morgan fingerprint density at radius 1 is 1.40 bits per heavy atom. The van der Waals surface area contributed by atoms with E-state index in [0.29, 0.717) is 0 Å². The third-order valence-corrected chi connectivity index (χ3v) is 0.982. The maximum absolute atomic E-state index is 11.9. The highest BCUT2D eigenvalue weighted by molar-refractivity contribution is 4.81. The zero-order valence-corrected chi connectivity index (χ0v) is 4.90. The van der Waals surface area contributed by atoms with E-state index in [9.17, 15) is 17.6 Å². The Labute approximate surface area is 54.6 Å². The van der Waals surface area contributed by atoms with Crippen molar-refractivity contribution in [2.45, 2.75) is 18.4 Å². The molecule has 0 rings (SSSR count). The molecule has 0 heterocycles. The van der Waals surface area contributed by atoms with Crippen molar-refractivity contribution in [2.75, 3.05) is 6.61 Å². The molecule has 3 N–H and O–H groups in total. The summed E-state index contributed by atoms with van der Waals surface area (Å²) < 4.78 is 46.4. The van der Waals surface area contributed by atoms with Gasteiger partial charge in [-0.15, -0.1) is 0 Å². The first-order valence-corrected chi connectivity index (χ1v) is 2.45. The van der Waals surface area contributed by atoms with Gasteiger partial charge in [0.2, 0.25) is 0 Å². The van der Waals surface area contributed by atoms with E-state index in [1.54, 1.807) is 0 Å². The third kappa shape index (κ3) is 1.81. The largest absolute Gasteiger partial charge is 0.395 e. The molecule has 0 saturated heterocycles. The summed E-state index contributed by atoms with van der Waals surface area (Å²) >= 11 is 0. The molecule has 62 valence electrons. The summed E-state index contributed by atoms with van der Waals surface area (Å²) in [7, 11) is 0. The van der Waals surface area contributed by atoms with E-state index < -0.39 is 25.0 Å². The zero-order chi connectivity index (χ0) is 8.36. The van der Waals surface area contributed by atoms with Gasteiger partial charge >= 0.3 is 12.3 Å². The number of hydrogen-bond acceptors (Lipinski definition) is 2. The van der Waals surface area contributed by atoms with Crippen LogP contribution >= 0.6 is 0 Å². The van der Waals surface area contributed by atoms with Crippen LogP contribution in [0.1, 0.15) is 0 Å².